The maximum absolute atomic E-state index is 10.4. The number of hydrogen-bond donors (Lipinski definition) is 3. The lowest BCUT2D eigenvalue weighted by Gasteiger charge is -2.03. The third kappa shape index (κ3) is 2.40. The summed E-state index contributed by atoms with van der Waals surface area (Å²) in [6.45, 7) is 0. The van der Waals surface area contributed by atoms with Crippen LogP contribution in [0.3, 0.4) is 0 Å². The average Bonchev–Trinajstić information content (AvgIpc) is 2.08. The normalized spacial score (nSPS) is 10.6. The topological polar surface area (TPSA) is 89.3 Å². The Morgan fingerprint density at radius 3 is 2.71 bits per heavy atom. The molecule has 4 nitrogen and oxygen atoms in total. The third-order valence-electron chi connectivity index (χ3n) is 1.56. The number of anilines is 1. The summed E-state index contributed by atoms with van der Waals surface area (Å²) < 4.78 is 0. The van der Waals surface area contributed by atoms with Gasteiger partial charge >= 0.3 is 0 Å². The number of nitrogens with two attached hydrogens (primary N) is 2. The van der Waals surface area contributed by atoms with E-state index < -0.39 is 5.91 Å². The summed E-state index contributed by atoms with van der Waals surface area (Å²) in [5.41, 5.74) is 10.8. The quantitative estimate of drug-likeness (QED) is 0.390. The van der Waals surface area contributed by atoms with E-state index in [1.807, 2.05) is 0 Å². The van der Waals surface area contributed by atoms with Gasteiger partial charge in [-0.15, -0.1) is 0 Å². The highest BCUT2D eigenvalue weighted by molar-refractivity contribution is 6.31. The monoisotopic (exact) mass is 212 g/mol. The van der Waals surface area contributed by atoms with Crippen molar-refractivity contribution < 1.29 is 9.90 Å². The Balaban J connectivity index is 3.14. The summed E-state index contributed by atoms with van der Waals surface area (Å²) in [5, 5.41) is 9.83. The Bertz CT molecular complexity index is 402. The first-order valence-corrected chi connectivity index (χ1v) is 4.14. The lowest BCUT2D eigenvalue weighted by Crippen LogP contribution is -2.05. The van der Waals surface area contributed by atoms with Crippen LogP contribution in [0.5, 0.6) is 5.75 Å². The van der Waals surface area contributed by atoms with Gasteiger partial charge < -0.3 is 16.6 Å². The zero-order valence-electron chi connectivity index (χ0n) is 7.20. The summed E-state index contributed by atoms with van der Waals surface area (Å²) in [5.74, 6) is -0.727. The van der Waals surface area contributed by atoms with E-state index in [2.05, 4.69) is 0 Å². The van der Waals surface area contributed by atoms with Crippen molar-refractivity contribution in [1.29, 1.82) is 0 Å². The Morgan fingerprint density at radius 1 is 1.50 bits per heavy atom. The molecule has 14 heavy (non-hydrogen) atoms. The number of benzene rings is 1. The summed E-state index contributed by atoms with van der Waals surface area (Å²) >= 11 is 5.70. The summed E-state index contributed by atoms with van der Waals surface area (Å²) in [6.07, 6.45) is 2.46. The Kier molecular flexibility index (Phi) is 2.99. The molecule has 0 atom stereocenters. The van der Waals surface area contributed by atoms with Gasteiger partial charge in [-0.25, -0.2) is 0 Å². The van der Waals surface area contributed by atoms with Crippen LogP contribution in [0.25, 0.3) is 6.08 Å². The third-order valence-corrected chi connectivity index (χ3v) is 1.78. The standard InChI is InChI=1S/C9H9ClN2O2/c10-6-3-5(1-2-8(12)13)9(14)7(11)4-6/h1-4,14H,11H2,(H2,12,13). The van der Waals surface area contributed by atoms with E-state index in [0.717, 1.165) is 6.08 Å². The van der Waals surface area contributed by atoms with Crippen LogP contribution in [0.15, 0.2) is 18.2 Å². The minimum Gasteiger partial charge on any atom is -0.505 e. The minimum absolute atomic E-state index is 0.119. The van der Waals surface area contributed by atoms with E-state index in [9.17, 15) is 9.90 Å². The summed E-state index contributed by atoms with van der Waals surface area (Å²) in [7, 11) is 0. The van der Waals surface area contributed by atoms with E-state index in [0.29, 0.717) is 10.6 Å². The molecule has 1 aromatic rings. The van der Waals surface area contributed by atoms with E-state index in [4.69, 9.17) is 23.1 Å². The molecule has 0 radical (unpaired) electrons. The van der Waals surface area contributed by atoms with Crippen LogP contribution in [-0.2, 0) is 4.79 Å². The predicted molar refractivity (Wildman–Crippen MR) is 55.8 cm³/mol. The molecule has 1 rings (SSSR count). The molecule has 5 N–H and O–H groups in total. The average molecular weight is 213 g/mol. The highest BCUT2D eigenvalue weighted by Gasteiger charge is 2.04. The van der Waals surface area contributed by atoms with Crippen molar-refractivity contribution in [1.82, 2.24) is 0 Å². The summed E-state index contributed by atoms with van der Waals surface area (Å²) in [4.78, 5) is 10.4. The van der Waals surface area contributed by atoms with Crippen molar-refractivity contribution in [3.63, 3.8) is 0 Å². The van der Waals surface area contributed by atoms with Gasteiger partial charge in [0.25, 0.3) is 0 Å². The van der Waals surface area contributed by atoms with Crippen LogP contribution < -0.4 is 11.5 Å². The van der Waals surface area contributed by atoms with Crippen molar-refractivity contribution in [2.24, 2.45) is 5.73 Å². The lowest BCUT2D eigenvalue weighted by atomic mass is 10.1. The molecule has 0 aliphatic rings. The zero-order valence-corrected chi connectivity index (χ0v) is 7.95. The van der Waals surface area contributed by atoms with Gasteiger partial charge in [-0.1, -0.05) is 11.6 Å². The number of carbonyl (C=O) groups excluding carboxylic acids is 1. The molecule has 5 heteroatoms. The van der Waals surface area contributed by atoms with E-state index in [1.54, 1.807) is 0 Å². The van der Waals surface area contributed by atoms with Crippen LogP contribution in [0.2, 0.25) is 5.02 Å². The number of rotatable bonds is 2. The first-order chi connectivity index (χ1) is 6.50. The maximum Gasteiger partial charge on any atom is 0.241 e. The van der Waals surface area contributed by atoms with Crippen molar-refractivity contribution in [3.05, 3.63) is 28.8 Å². The molecule has 0 fully saturated rings. The van der Waals surface area contributed by atoms with Crippen molar-refractivity contribution in [2.75, 3.05) is 5.73 Å². The minimum atomic E-state index is -0.608. The van der Waals surface area contributed by atoms with Crippen molar-refractivity contribution in [3.8, 4) is 5.75 Å². The van der Waals surface area contributed by atoms with Gasteiger partial charge in [0, 0.05) is 16.7 Å². The molecule has 0 aromatic heterocycles. The number of nitrogen functional groups attached to an aromatic ring is 1. The molecular formula is C9H9ClN2O2. The van der Waals surface area contributed by atoms with Gasteiger partial charge in [0.1, 0.15) is 5.75 Å². The number of phenols is 1. The van der Waals surface area contributed by atoms with Gasteiger partial charge in [-0.05, 0) is 18.2 Å². The first-order valence-electron chi connectivity index (χ1n) is 3.76. The SMILES string of the molecule is NC(=O)C=Cc1cc(Cl)cc(N)c1O. The van der Waals surface area contributed by atoms with Crippen molar-refractivity contribution in [2.45, 2.75) is 0 Å². The van der Waals surface area contributed by atoms with E-state index in [-0.39, 0.29) is 11.4 Å². The van der Waals surface area contributed by atoms with E-state index >= 15 is 0 Å². The largest absolute Gasteiger partial charge is 0.505 e. The molecular weight excluding hydrogens is 204 g/mol. The molecule has 74 valence electrons. The molecule has 0 bridgehead atoms. The van der Waals surface area contributed by atoms with Crippen LogP contribution in [-0.4, -0.2) is 11.0 Å². The van der Waals surface area contributed by atoms with Gasteiger partial charge in [0.2, 0.25) is 5.91 Å². The molecule has 0 spiro atoms. The molecule has 1 amide bonds. The number of primary amides is 1. The molecule has 1 aromatic carbocycles. The van der Waals surface area contributed by atoms with Gasteiger partial charge in [-0.3, -0.25) is 4.79 Å². The molecule has 0 saturated carbocycles. The fourth-order valence-corrected chi connectivity index (χ4v) is 1.18. The fraction of sp³-hybridized carbons (Fsp3) is 0. The maximum atomic E-state index is 10.4. The highest BCUT2D eigenvalue weighted by atomic mass is 35.5. The molecule has 0 heterocycles. The van der Waals surface area contributed by atoms with Crippen LogP contribution in [0.4, 0.5) is 5.69 Å². The second-order valence-corrected chi connectivity index (χ2v) is 3.10. The smallest absolute Gasteiger partial charge is 0.241 e. The number of phenolic OH excluding ortho intramolecular Hbond substituents is 1. The number of hydrogen-bond acceptors (Lipinski definition) is 3. The molecule has 0 unspecified atom stereocenters. The van der Waals surface area contributed by atoms with Crippen molar-refractivity contribution >= 4 is 29.3 Å². The van der Waals surface area contributed by atoms with Gasteiger partial charge in [0.05, 0.1) is 5.69 Å². The molecule has 0 aliphatic carbocycles. The first kappa shape index (κ1) is 10.4. The van der Waals surface area contributed by atoms with Crippen LogP contribution >= 0.6 is 11.6 Å². The Hall–Kier alpha value is -1.68. The Morgan fingerprint density at radius 2 is 2.14 bits per heavy atom. The highest BCUT2D eigenvalue weighted by Crippen LogP contribution is 2.29. The predicted octanol–water partition coefficient (Wildman–Crippen LogP) is 1.13. The molecule has 0 saturated heterocycles. The number of amides is 1. The van der Waals surface area contributed by atoms with Gasteiger partial charge in [0.15, 0.2) is 0 Å². The zero-order chi connectivity index (χ0) is 10.7. The fourth-order valence-electron chi connectivity index (χ4n) is 0.941. The van der Waals surface area contributed by atoms with Crippen LogP contribution in [0.1, 0.15) is 5.56 Å². The number of aromatic hydroxyl groups is 1. The van der Waals surface area contributed by atoms with E-state index in [1.165, 1.54) is 18.2 Å². The second kappa shape index (κ2) is 4.02. The lowest BCUT2D eigenvalue weighted by molar-refractivity contribution is -0.113. The summed E-state index contributed by atoms with van der Waals surface area (Å²) in [6, 6.07) is 2.89. The second-order valence-electron chi connectivity index (χ2n) is 2.67. The number of halogens is 1. The van der Waals surface area contributed by atoms with Crippen LogP contribution in [0, 0.1) is 0 Å². The van der Waals surface area contributed by atoms with Gasteiger partial charge in [-0.2, -0.15) is 0 Å². The molecule has 0 aliphatic heterocycles. The number of carbonyl (C=O) groups is 1. The Labute approximate surface area is 85.8 Å².